The third kappa shape index (κ3) is 4.25. The van der Waals surface area contributed by atoms with Gasteiger partial charge in [-0.2, -0.15) is 0 Å². The van der Waals surface area contributed by atoms with E-state index >= 15 is 0 Å². The smallest absolute Gasteiger partial charge is 0.328 e. The third-order valence-electron chi connectivity index (χ3n) is 2.19. The molecule has 0 unspecified atom stereocenters. The Balaban J connectivity index is 2.64. The lowest BCUT2D eigenvalue weighted by atomic mass is 10.3. The van der Waals surface area contributed by atoms with E-state index in [0.717, 1.165) is 12.8 Å². The van der Waals surface area contributed by atoms with Crippen molar-refractivity contribution in [2.75, 3.05) is 6.54 Å². The second-order valence-electron chi connectivity index (χ2n) is 3.71. The van der Waals surface area contributed by atoms with Gasteiger partial charge in [0, 0.05) is 6.54 Å². The zero-order valence-corrected chi connectivity index (χ0v) is 10.8. The van der Waals surface area contributed by atoms with Crippen molar-refractivity contribution in [2.45, 2.75) is 24.7 Å². The molecule has 0 aliphatic carbocycles. The maximum atomic E-state index is 11.7. The van der Waals surface area contributed by atoms with Crippen LogP contribution in [-0.2, 0) is 10.0 Å². The summed E-state index contributed by atoms with van der Waals surface area (Å²) >= 11 is 0. The molecular weight excluding hydrogens is 256 g/mol. The summed E-state index contributed by atoms with van der Waals surface area (Å²) in [6.07, 6.45) is 1.69. The lowest BCUT2D eigenvalue weighted by Gasteiger charge is -2.08. The number of hydrogen-bond acceptors (Lipinski definition) is 4. The van der Waals surface area contributed by atoms with Gasteiger partial charge in [0.15, 0.2) is 0 Å². The third-order valence-corrected chi connectivity index (χ3v) is 3.54. The highest BCUT2D eigenvalue weighted by Crippen LogP contribution is 2.13. The van der Waals surface area contributed by atoms with E-state index in [4.69, 9.17) is 5.11 Å². The number of hydrogen-bond donors (Lipinski definition) is 3. The zero-order chi connectivity index (χ0) is 13.6. The van der Waals surface area contributed by atoms with E-state index in [2.05, 4.69) is 5.32 Å². The molecule has 2 amide bonds. The highest BCUT2D eigenvalue weighted by Gasteiger charge is 2.16. The number of benzene rings is 1. The molecule has 1 aromatic rings. The minimum absolute atomic E-state index is 0.0404. The molecule has 0 saturated carbocycles. The van der Waals surface area contributed by atoms with Crippen molar-refractivity contribution >= 4 is 16.1 Å². The monoisotopic (exact) mass is 272 g/mol. The average molecular weight is 272 g/mol. The topological polar surface area (TPSA) is 95.5 Å². The van der Waals surface area contributed by atoms with Crippen molar-refractivity contribution in [3.8, 4) is 5.75 Å². The lowest BCUT2D eigenvalue weighted by Crippen LogP contribution is -2.39. The summed E-state index contributed by atoms with van der Waals surface area (Å²) in [5, 5.41) is 11.5. The number of urea groups is 1. The minimum atomic E-state index is -3.89. The predicted octanol–water partition coefficient (Wildman–Crippen LogP) is 1.18. The molecule has 0 fully saturated rings. The number of carbonyl (C=O) groups is 1. The van der Waals surface area contributed by atoms with Gasteiger partial charge in [-0.3, -0.25) is 0 Å². The molecule has 0 spiro atoms. The van der Waals surface area contributed by atoms with Crippen molar-refractivity contribution in [3.05, 3.63) is 24.3 Å². The predicted molar refractivity (Wildman–Crippen MR) is 66.7 cm³/mol. The largest absolute Gasteiger partial charge is 0.508 e. The molecule has 18 heavy (non-hydrogen) atoms. The molecule has 0 aliphatic rings. The number of sulfonamides is 1. The molecule has 6 nitrogen and oxygen atoms in total. The normalized spacial score (nSPS) is 10.9. The van der Waals surface area contributed by atoms with Crippen molar-refractivity contribution in [1.82, 2.24) is 10.0 Å². The Labute approximate surface area is 106 Å². The summed E-state index contributed by atoms with van der Waals surface area (Å²) < 4.78 is 25.4. The Bertz CT molecular complexity index is 496. The van der Waals surface area contributed by atoms with Crippen LogP contribution in [0.15, 0.2) is 29.2 Å². The number of unbranched alkanes of at least 4 members (excludes halogenated alkanes) is 1. The van der Waals surface area contributed by atoms with E-state index in [1.807, 2.05) is 11.6 Å². The molecule has 0 saturated heterocycles. The van der Waals surface area contributed by atoms with E-state index in [-0.39, 0.29) is 10.6 Å². The summed E-state index contributed by atoms with van der Waals surface area (Å²) in [5.74, 6) is -0.0404. The molecule has 0 atom stereocenters. The van der Waals surface area contributed by atoms with Crippen LogP contribution >= 0.6 is 0 Å². The summed E-state index contributed by atoms with van der Waals surface area (Å²) in [7, 11) is -3.89. The number of carbonyl (C=O) groups excluding carboxylic acids is 1. The Morgan fingerprint density at radius 1 is 1.28 bits per heavy atom. The minimum Gasteiger partial charge on any atom is -0.508 e. The molecule has 7 heteroatoms. The standard InChI is InChI=1S/C11H16N2O4S/c1-2-3-8-12-11(15)13-18(16,17)10-6-4-9(14)5-7-10/h4-7,14H,2-3,8H2,1H3,(H2,12,13,15). The average Bonchev–Trinajstić information content (AvgIpc) is 2.29. The van der Waals surface area contributed by atoms with Gasteiger partial charge in [0.05, 0.1) is 4.90 Å². The van der Waals surface area contributed by atoms with Gasteiger partial charge in [0.2, 0.25) is 0 Å². The van der Waals surface area contributed by atoms with Crippen molar-refractivity contribution in [2.24, 2.45) is 0 Å². The van der Waals surface area contributed by atoms with Crippen LogP contribution in [0.1, 0.15) is 19.8 Å². The summed E-state index contributed by atoms with van der Waals surface area (Å²) in [6, 6.07) is 4.16. The molecule has 0 aromatic heterocycles. The van der Waals surface area contributed by atoms with Crippen molar-refractivity contribution < 1.29 is 18.3 Å². The maximum Gasteiger partial charge on any atom is 0.328 e. The summed E-state index contributed by atoms with van der Waals surface area (Å²) in [6.45, 7) is 2.39. The van der Waals surface area contributed by atoms with Gasteiger partial charge in [-0.05, 0) is 30.7 Å². The molecule has 0 bridgehead atoms. The Kier molecular flexibility index (Phi) is 4.96. The lowest BCUT2D eigenvalue weighted by molar-refractivity contribution is 0.245. The van der Waals surface area contributed by atoms with Gasteiger partial charge < -0.3 is 10.4 Å². The van der Waals surface area contributed by atoms with Crippen molar-refractivity contribution in [1.29, 1.82) is 0 Å². The molecule has 0 radical (unpaired) electrons. The van der Waals surface area contributed by atoms with Crippen LogP contribution in [0.25, 0.3) is 0 Å². The van der Waals surface area contributed by atoms with Gasteiger partial charge in [-0.15, -0.1) is 0 Å². The number of rotatable bonds is 5. The summed E-state index contributed by atoms with van der Waals surface area (Å²) in [5.41, 5.74) is 0. The highest BCUT2D eigenvalue weighted by molar-refractivity contribution is 7.90. The van der Waals surface area contributed by atoms with Crippen LogP contribution < -0.4 is 10.0 Å². The number of phenols is 1. The van der Waals surface area contributed by atoms with Gasteiger partial charge in [-0.1, -0.05) is 13.3 Å². The second-order valence-corrected chi connectivity index (χ2v) is 5.39. The Hall–Kier alpha value is -1.76. The van der Waals surface area contributed by atoms with E-state index in [0.29, 0.717) is 6.54 Å². The van der Waals surface area contributed by atoms with Crippen LogP contribution in [0.2, 0.25) is 0 Å². The second kappa shape index (κ2) is 6.25. The molecule has 100 valence electrons. The highest BCUT2D eigenvalue weighted by atomic mass is 32.2. The quantitative estimate of drug-likeness (QED) is 0.701. The Morgan fingerprint density at radius 2 is 1.89 bits per heavy atom. The maximum absolute atomic E-state index is 11.7. The summed E-state index contributed by atoms with van der Waals surface area (Å²) in [4.78, 5) is 11.2. The SMILES string of the molecule is CCCCNC(=O)NS(=O)(=O)c1ccc(O)cc1. The van der Waals surface area contributed by atoms with E-state index in [1.165, 1.54) is 24.3 Å². The number of amides is 2. The molecule has 0 heterocycles. The first-order chi connectivity index (χ1) is 8.45. The van der Waals surface area contributed by atoms with Gasteiger partial charge >= 0.3 is 6.03 Å². The fourth-order valence-corrected chi connectivity index (χ4v) is 2.15. The van der Waals surface area contributed by atoms with Crippen LogP contribution in [0, 0.1) is 0 Å². The molecule has 3 N–H and O–H groups in total. The fraction of sp³-hybridized carbons (Fsp3) is 0.364. The number of nitrogens with one attached hydrogen (secondary N) is 2. The number of phenolic OH excluding ortho intramolecular Hbond substituents is 1. The first-order valence-electron chi connectivity index (χ1n) is 5.55. The molecule has 1 rings (SSSR count). The zero-order valence-electron chi connectivity index (χ0n) is 10.0. The van der Waals surface area contributed by atoms with E-state index in [9.17, 15) is 13.2 Å². The van der Waals surface area contributed by atoms with Crippen LogP contribution in [0.4, 0.5) is 4.79 Å². The van der Waals surface area contributed by atoms with Crippen LogP contribution in [0.5, 0.6) is 5.75 Å². The molecule has 1 aromatic carbocycles. The van der Waals surface area contributed by atoms with Crippen LogP contribution in [-0.4, -0.2) is 26.1 Å². The van der Waals surface area contributed by atoms with Crippen LogP contribution in [0.3, 0.4) is 0 Å². The Morgan fingerprint density at radius 3 is 2.44 bits per heavy atom. The molecule has 0 aliphatic heterocycles. The fourth-order valence-electron chi connectivity index (χ4n) is 1.22. The van der Waals surface area contributed by atoms with Gasteiger partial charge in [0.1, 0.15) is 5.75 Å². The van der Waals surface area contributed by atoms with Crippen molar-refractivity contribution in [3.63, 3.8) is 0 Å². The number of aromatic hydroxyl groups is 1. The first-order valence-corrected chi connectivity index (χ1v) is 7.03. The van der Waals surface area contributed by atoms with E-state index < -0.39 is 16.1 Å². The molecular formula is C11H16N2O4S. The van der Waals surface area contributed by atoms with Gasteiger partial charge in [0.25, 0.3) is 10.0 Å². The van der Waals surface area contributed by atoms with Gasteiger partial charge in [-0.25, -0.2) is 17.9 Å². The van der Waals surface area contributed by atoms with E-state index in [1.54, 1.807) is 0 Å². The first kappa shape index (κ1) is 14.3.